The van der Waals surface area contributed by atoms with Gasteiger partial charge in [0, 0.05) is 10.7 Å². The van der Waals surface area contributed by atoms with E-state index in [1.54, 1.807) is 35.3 Å². The van der Waals surface area contributed by atoms with Gasteiger partial charge in [-0.1, -0.05) is 29.8 Å². The highest BCUT2D eigenvalue weighted by atomic mass is 35.5. The average Bonchev–Trinajstić information content (AvgIpc) is 2.96. The zero-order valence-electron chi connectivity index (χ0n) is 12.4. The van der Waals surface area contributed by atoms with Gasteiger partial charge in [-0.25, -0.2) is 14.1 Å². The van der Waals surface area contributed by atoms with E-state index in [2.05, 4.69) is 20.7 Å². The summed E-state index contributed by atoms with van der Waals surface area (Å²) < 4.78 is 14.5. The molecule has 2 N–H and O–H groups in total. The number of nitrogens with one attached hydrogen (secondary N) is 2. The van der Waals surface area contributed by atoms with Gasteiger partial charge in [0.15, 0.2) is 5.11 Å². The van der Waals surface area contributed by atoms with Gasteiger partial charge in [0.05, 0.1) is 6.54 Å². The van der Waals surface area contributed by atoms with Gasteiger partial charge in [-0.2, -0.15) is 0 Å². The van der Waals surface area contributed by atoms with Crippen LogP contribution in [-0.4, -0.2) is 19.9 Å². The Morgan fingerprint density at radius 3 is 2.71 bits per heavy atom. The Morgan fingerprint density at radius 1 is 1.17 bits per heavy atom. The predicted molar refractivity (Wildman–Crippen MR) is 96.8 cm³/mol. The molecule has 5 nitrogen and oxygen atoms in total. The van der Waals surface area contributed by atoms with Gasteiger partial charge in [-0.3, -0.25) is 5.32 Å². The van der Waals surface area contributed by atoms with Crippen LogP contribution < -0.4 is 10.6 Å². The summed E-state index contributed by atoms with van der Waals surface area (Å²) in [5.74, 6) is 0.105. The molecule has 0 fully saturated rings. The van der Waals surface area contributed by atoms with Crippen molar-refractivity contribution in [2.75, 3.05) is 10.6 Å². The van der Waals surface area contributed by atoms with E-state index in [-0.39, 0.29) is 5.82 Å². The third-order valence-electron chi connectivity index (χ3n) is 3.10. The molecule has 0 atom stereocenters. The quantitative estimate of drug-likeness (QED) is 0.690. The third kappa shape index (κ3) is 4.50. The van der Waals surface area contributed by atoms with Crippen LogP contribution in [0.5, 0.6) is 0 Å². The molecule has 0 radical (unpaired) electrons. The van der Waals surface area contributed by atoms with Crippen molar-refractivity contribution in [2.24, 2.45) is 0 Å². The molecule has 3 aromatic rings. The number of nitrogens with zero attached hydrogens (tertiary/aromatic N) is 3. The number of hydrogen-bond acceptors (Lipinski definition) is 3. The van der Waals surface area contributed by atoms with Crippen LogP contribution >= 0.6 is 23.8 Å². The maximum absolute atomic E-state index is 12.9. The fraction of sp³-hybridized carbons (Fsp3) is 0.0625. The number of anilines is 2. The van der Waals surface area contributed by atoms with Crippen LogP contribution in [-0.2, 0) is 6.54 Å². The van der Waals surface area contributed by atoms with Crippen molar-refractivity contribution in [1.82, 2.24) is 14.8 Å². The number of hydrogen-bond donors (Lipinski definition) is 2. The van der Waals surface area contributed by atoms with E-state index >= 15 is 0 Å². The maximum Gasteiger partial charge on any atom is 0.248 e. The second-order valence-corrected chi connectivity index (χ2v) is 5.83. The van der Waals surface area contributed by atoms with Gasteiger partial charge in [0.2, 0.25) is 5.95 Å². The number of halogens is 2. The summed E-state index contributed by atoms with van der Waals surface area (Å²) in [6.07, 6.45) is 1.58. The lowest BCUT2D eigenvalue weighted by Gasteiger charge is -2.08. The largest absolute Gasteiger partial charge is 0.332 e. The minimum absolute atomic E-state index is 0.267. The Labute approximate surface area is 148 Å². The molecule has 0 spiro atoms. The van der Waals surface area contributed by atoms with Crippen molar-refractivity contribution < 1.29 is 4.39 Å². The molecule has 0 aliphatic rings. The minimum atomic E-state index is -0.267. The lowest BCUT2D eigenvalue weighted by atomic mass is 10.2. The average molecular weight is 362 g/mol. The van der Waals surface area contributed by atoms with Gasteiger partial charge < -0.3 is 5.32 Å². The van der Waals surface area contributed by atoms with E-state index in [1.807, 2.05) is 12.1 Å². The molecular formula is C16H13ClFN5S. The second kappa shape index (κ2) is 7.37. The van der Waals surface area contributed by atoms with Crippen molar-refractivity contribution in [2.45, 2.75) is 6.54 Å². The summed E-state index contributed by atoms with van der Waals surface area (Å²) in [4.78, 5) is 4.14. The number of aromatic nitrogens is 3. The smallest absolute Gasteiger partial charge is 0.248 e. The van der Waals surface area contributed by atoms with Crippen molar-refractivity contribution in [3.05, 3.63) is 71.3 Å². The molecule has 8 heteroatoms. The Kier molecular flexibility index (Phi) is 5.02. The molecule has 0 aliphatic carbocycles. The highest BCUT2D eigenvalue weighted by Gasteiger charge is 2.05. The second-order valence-electron chi connectivity index (χ2n) is 4.98. The highest BCUT2D eigenvalue weighted by Crippen LogP contribution is 2.15. The highest BCUT2D eigenvalue weighted by molar-refractivity contribution is 7.80. The third-order valence-corrected chi connectivity index (χ3v) is 3.54. The number of thiocarbonyl (C=S) groups is 1. The summed E-state index contributed by atoms with van der Waals surface area (Å²) >= 11 is 11.1. The number of benzene rings is 2. The number of rotatable bonds is 4. The monoisotopic (exact) mass is 361 g/mol. The summed E-state index contributed by atoms with van der Waals surface area (Å²) in [6.45, 7) is 0.490. The van der Waals surface area contributed by atoms with E-state index in [0.29, 0.717) is 22.6 Å². The van der Waals surface area contributed by atoms with E-state index in [4.69, 9.17) is 23.8 Å². The lowest BCUT2D eigenvalue weighted by Crippen LogP contribution is -2.20. The van der Waals surface area contributed by atoms with E-state index < -0.39 is 0 Å². The summed E-state index contributed by atoms with van der Waals surface area (Å²) in [5, 5.41) is 11.1. The zero-order valence-corrected chi connectivity index (χ0v) is 14.0. The van der Waals surface area contributed by atoms with Crippen molar-refractivity contribution in [3.63, 3.8) is 0 Å². The molecule has 0 bridgehead atoms. The molecule has 0 saturated carbocycles. The predicted octanol–water partition coefficient (Wildman–Crippen LogP) is 3.93. The molecule has 0 aliphatic heterocycles. The first kappa shape index (κ1) is 16.4. The van der Waals surface area contributed by atoms with E-state index in [0.717, 1.165) is 11.3 Å². The Hall–Kier alpha value is -2.51. The molecule has 0 saturated heterocycles. The fourth-order valence-electron chi connectivity index (χ4n) is 2.04. The SMILES string of the molecule is Fc1ccc(Cn2cnc(NC(=S)Nc3cccc(Cl)c3)n2)cc1. The summed E-state index contributed by atoms with van der Waals surface area (Å²) in [5.41, 5.74) is 1.69. The molecule has 1 aromatic heterocycles. The first-order chi connectivity index (χ1) is 11.6. The van der Waals surface area contributed by atoms with E-state index in [1.165, 1.54) is 12.1 Å². The summed E-state index contributed by atoms with van der Waals surface area (Å²) in [6, 6.07) is 13.4. The standard InChI is InChI=1S/C16H13ClFN5S/c17-12-2-1-3-14(8-12)20-16(24)21-15-19-10-23(22-15)9-11-4-6-13(18)7-5-11/h1-8,10H,9H2,(H2,20,21,22,24). The van der Waals surface area contributed by atoms with Crippen LogP contribution in [0.4, 0.5) is 16.0 Å². The van der Waals surface area contributed by atoms with Gasteiger partial charge in [0.25, 0.3) is 0 Å². The molecule has 3 rings (SSSR count). The molecule has 0 amide bonds. The van der Waals surface area contributed by atoms with Crippen molar-refractivity contribution in [3.8, 4) is 0 Å². The normalized spacial score (nSPS) is 10.4. The van der Waals surface area contributed by atoms with Crippen molar-refractivity contribution in [1.29, 1.82) is 0 Å². The van der Waals surface area contributed by atoms with Gasteiger partial charge >= 0.3 is 0 Å². The summed E-state index contributed by atoms with van der Waals surface area (Å²) in [7, 11) is 0. The van der Waals surface area contributed by atoms with Crippen LogP contribution in [0.15, 0.2) is 54.9 Å². The maximum atomic E-state index is 12.9. The Balaban J connectivity index is 1.59. The minimum Gasteiger partial charge on any atom is -0.332 e. The van der Waals surface area contributed by atoms with Crippen LogP contribution in [0.3, 0.4) is 0 Å². The topological polar surface area (TPSA) is 54.8 Å². The first-order valence-corrected chi connectivity index (χ1v) is 7.84. The van der Waals surface area contributed by atoms with Gasteiger partial charge in [-0.15, -0.1) is 5.10 Å². The van der Waals surface area contributed by atoms with Crippen LogP contribution in [0.1, 0.15) is 5.56 Å². The van der Waals surface area contributed by atoms with Crippen LogP contribution in [0, 0.1) is 5.82 Å². The molecule has 0 unspecified atom stereocenters. The van der Waals surface area contributed by atoms with Crippen molar-refractivity contribution >= 4 is 40.6 Å². The Bertz CT molecular complexity index is 850. The lowest BCUT2D eigenvalue weighted by molar-refractivity contribution is 0.624. The molecular weight excluding hydrogens is 349 g/mol. The molecule has 2 aromatic carbocycles. The molecule has 122 valence electrons. The zero-order chi connectivity index (χ0) is 16.9. The van der Waals surface area contributed by atoms with E-state index in [9.17, 15) is 4.39 Å². The fourth-order valence-corrected chi connectivity index (χ4v) is 2.43. The van der Waals surface area contributed by atoms with Gasteiger partial charge in [0.1, 0.15) is 12.1 Å². The molecule has 24 heavy (non-hydrogen) atoms. The Morgan fingerprint density at radius 2 is 1.96 bits per heavy atom. The van der Waals surface area contributed by atoms with Crippen LogP contribution in [0.25, 0.3) is 0 Å². The van der Waals surface area contributed by atoms with Crippen LogP contribution in [0.2, 0.25) is 5.02 Å². The first-order valence-electron chi connectivity index (χ1n) is 7.06. The van der Waals surface area contributed by atoms with Gasteiger partial charge in [-0.05, 0) is 48.1 Å². The molecule has 1 heterocycles.